The summed E-state index contributed by atoms with van der Waals surface area (Å²) in [5, 5.41) is 12.4. The Morgan fingerprint density at radius 2 is 1.71 bits per heavy atom. The molecule has 0 unspecified atom stereocenters. The van der Waals surface area contributed by atoms with Gasteiger partial charge in [0.25, 0.3) is 5.91 Å². The number of fused-ring (bicyclic) bond motifs is 2. The highest BCUT2D eigenvalue weighted by Crippen LogP contribution is 2.42. The van der Waals surface area contributed by atoms with Gasteiger partial charge in [-0.3, -0.25) is 9.10 Å². The summed E-state index contributed by atoms with van der Waals surface area (Å²) in [6.07, 6.45) is 2.68. The third-order valence-electron chi connectivity index (χ3n) is 7.18. The van der Waals surface area contributed by atoms with Crippen LogP contribution in [0.1, 0.15) is 16.8 Å². The summed E-state index contributed by atoms with van der Waals surface area (Å²) in [7, 11) is -2.49. The minimum Gasteiger partial charge on any atom is -0.455 e. The lowest BCUT2D eigenvalue weighted by Gasteiger charge is -2.25. The molecule has 1 amide bonds. The molecule has 3 aromatic heterocycles. The van der Waals surface area contributed by atoms with Crippen molar-refractivity contribution in [3.8, 4) is 33.9 Å². The van der Waals surface area contributed by atoms with Crippen LogP contribution in [-0.2, 0) is 10.0 Å². The van der Waals surface area contributed by atoms with Gasteiger partial charge in [-0.25, -0.2) is 22.2 Å². The van der Waals surface area contributed by atoms with Gasteiger partial charge in [-0.1, -0.05) is 0 Å². The number of aliphatic hydroxyl groups is 1. The molecule has 0 atom stereocenters. The number of nitrogens with zero attached hydrogens (tertiary/aromatic N) is 3. The molecule has 3 heterocycles. The monoisotopic (exact) mass is 632 g/mol. The number of hydrogen-bond donors (Lipinski definition) is 2. The maximum Gasteiger partial charge on any atom is 0.255 e. The molecule has 0 saturated heterocycles. The van der Waals surface area contributed by atoms with Crippen LogP contribution in [0.3, 0.4) is 0 Å². The van der Waals surface area contributed by atoms with E-state index in [2.05, 4.69) is 15.3 Å². The first kappa shape index (κ1) is 29.9. The van der Waals surface area contributed by atoms with Gasteiger partial charge in [-0.15, -0.1) is 0 Å². The molecule has 13 heteroatoms. The highest BCUT2D eigenvalue weighted by molar-refractivity contribution is 7.92. The number of aromatic nitrogens is 2. The predicted octanol–water partition coefficient (Wildman–Crippen LogP) is 5.76. The molecule has 0 aliphatic rings. The normalized spacial score (nSPS) is 11.8. The zero-order valence-electron chi connectivity index (χ0n) is 24.0. The minimum atomic E-state index is -3.93. The van der Waals surface area contributed by atoms with Crippen molar-refractivity contribution < 1.29 is 35.9 Å². The standard InChI is InChI=1S/C32H26F2N4O6S/c1-35-31(40)28-24-16-23(19-13-20(15-22(34)14-19)32-37-30-26(44-32)5-3-10-36-30)25(38(11-4-12-39)45(2,41)42)17-27(24)43-29(28)18-6-8-21(33)9-7-18/h3,5-10,13-17,39H,4,11-12H2,1-2H3,(H,35,40). The molecule has 10 nitrogen and oxygen atoms in total. The number of nitrogens with one attached hydrogen (secondary N) is 1. The molecule has 230 valence electrons. The van der Waals surface area contributed by atoms with E-state index in [4.69, 9.17) is 8.83 Å². The van der Waals surface area contributed by atoms with E-state index in [1.807, 2.05) is 0 Å². The molecule has 0 radical (unpaired) electrons. The number of anilines is 1. The van der Waals surface area contributed by atoms with E-state index in [0.29, 0.717) is 22.2 Å². The van der Waals surface area contributed by atoms with E-state index in [-0.39, 0.29) is 64.7 Å². The fourth-order valence-electron chi connectivity index (χ4n) is 5.17. The Hall–Kier alpha value is -5.14. The second-order valence-electron chi connectivity index (χ2n) is 10.2. The molecule has 6 aromatic rings. The third kappa shape index (κ3) is 5.75. The maximum atomic E-state index is 15.3. The second kappa shape index (κ2) is 11.7. The highest BCUT2D eigenvalue weighted by atomic mass is 32.2. The van der Waals surface area contributed by atoms with Crippen LogP contribution in [0.15, 0.2) is 81.8 Å². The van der Waals surface area contributed by atoms with E-state index in [1.165, 1.54) is 49.5 Å². The highest BCUT2D eigenvalue weighted by Gasteiger charge is 2.28. The van der Waals surface area contributed by atoms with Crippen LogP contribution in [0, 0.1) is 11.6 Å². The topological polar surface area (TPSA) is 139 Å². The van der Waals surface area contributed by atoms with Gasteiger partial charge >= 0.3 is 0 Å². The van der Waals surface area contributed by atoms with Crippen LogP contribution in [0.5, 0.6) is 0 Å². The van der Waals surface area contributed by atoms with Gasteiger partial charge in [0.15, 0.2) is 11.2 Å². The quantitative estimate of drug-likeness (QED) is 0.205. The van der Waals surface area contributed by atoms with Crippen LogP contribution in [-0.4, -0.2) is 55.9 Å². The molecular weight excluding hydrogens is 606 g/mol. The van der Waals surface area contributed by atoms with Gasteiger partial charge < -0.3 is 19.3 Å². The summed E-state index contributed by atoms with van der Waals surface area (Å²) in [6.45, 7) is -0.379. The van der Waals surface area contributed by atoms with E-state index in [9.17, 15) is 22.7 Å². The van der Waals surface area contributed by atoms with Crippen molar-refractivity contribution in [2.24, 2.45) is 0 Å². The van der Waals surface area contributed by atoms with Crippen molar-refractivity contribution in [1.82, 2.24) is 15.3 Å². The number of amides is 1. The molecule has 3 aromatic carbocycles. The summed E-state index contributed by atoms with van der Waals surface area (Å²) in [4.78, 5) is 21.8. The zero-order valence-corrected chi connectivity index (χ0v) is 24.9. The number of carbonyl (C=O) groups excluding carboxylic acids is 1. The Morgan fingerprint density at radius 3 is 2.40 bits per heavy atom. The van der Waals surface area contributed by atoms with Gasteiger partial charge in [-0.2, -0.15) is 4.98 Å². The average Bonchev–Trinajstić information content (AvgIpc) is 3.62. The molecule has 0 fully saturated rings. The number of sulfonamides is 1. The van der Waals surface area contributed by atoms with Crippen LogP contribution in [0.25, 0.3) is 56.1 Å². The molecule has 6 rings (SSSR count). The number of halogens is 2. The third-order valence-corrected chi connectivity index (χ3v) is 8.36. The number of benzene rings is 3. The number of furan rings is 1. The number of pyridine rings is 1. The summed E-state index contributed by atoms with van der Waals surface area (Å²) >= 11 is 0. The fraction of sp³-hybridized carbons (Fsp3) is 0.156. The molecule has 45 heavy (non-hydrogen) atoms. The predicted molar refractivity (Wildman–Crippen MR) is 165 cm³/mol. The Morgan fingerprint density at radius 1 is 0.956 bits per heavy atom. The van der Waals surface area contributed by atoms with Crippen molar-refractivity contribution in [2.45, 2.75) is 6.42 Å². The van der Waals surface area contributed by atoms with Crippen molar-refractivity contribution in [3.05, 3.63) is 90.1 Å². The summed E-state index contributed by atoms with van der Waals surface area (Å²) in [6, 6.07) is 15.8. The molecule has 0 bridgehead atoms. The average molecular weight is 633 g/mol. The van der Waals surface area contributed by atoms with E-state index >= 15 is 4.39 Å². The number of rotatable bonds is 9. The van der Waals surface area contributed by atoms with Crippen molar-refractivity contribution in [1.29, 1.82) is 0 Å². The Kier molecular flexibility index (Phi) is 7.81. The Balaban J connectivity index is 1.65. The Labute approximate surface area is 256 Å². The first-order valence-corrected chi connectivity index (χ1v) is 15.6. The van der Waals surface area contributed by atoms with Gasteiger partial charge in [0, 0.05) is 54.5 Å². The number of oxazole rings is 1. The van der Waals surface area contributed by atoms with Crippen LogP contribution in [0.4, 0.5) is 14.5 Å². The van der Waals surface area contributed by atoms with Crippen LogP contribution < -0.4 is 9.62 Å². The summed E-state index contributed by atoms with van der Waals surface area (Å²) in [5.41, 5.74) is 2.30. The second-order valence-corrected chi connectivity index (χ2v) is 12.1. The van der Waals surface area contributed by atoms with Crippen molar-refractivity contribution in [2.75, 3.05) is 30.8 Å². The molecule has 2 N–H and O–H groups in total. The maximum absolute atomic E-state index is 15.3. The number of aliphatic hydroxyl groups excluding tert-OH is 1. The fourth-order valence-corrected chi connectivity index (χ4v) is 6.13. The summed E-state index contributed by atoms with van der Waals surface area (Å²) < 4.78 is 68.3. The van der Waals surface area contributed by atoms with Gasteiger partial charge in [0.1, 0.15) is 23.0 Å². The van der Waals surface area contributed by atoms with Gasteiger partial charge in [-0.05, 0) is 72.6 Å². The van der Waals surface area contributed by atoms with Crippen LogP contribution in [0.2, 0.25) is 0 Å². The van der Waals surface area contributed by atoms with Crippen molar-refractivity contribution >= 4 is 43.8 Å². The largest absolute Gasteiger partial charge is 0.455 e. The van der Waals surface area contributed by atoms with Gasteiger partial charge in [0.05, 0.1) is 17.5 Å². The lowest BCUT2D eigenvalue weighted by Crippen LogP contribution is -2.31. The smallest absolute Gasteiger partial charge is 0.255 e. The summed E-state index contributed by atoms with van der Waals surface area (Å²) in [5.74, 6) is -1.42. The SMILES string of the molecule is CNC(=O)c1c(-c2ccc(F)cc2)oc2cc(N(CCCO)S(C)(=O)=O)c(-c3cc(F)cc(-c4nc5ncccc5o4)c3)cc12. The van der Waals surface area contributed by atoms with E-state index in [0.717, 1.165) is 10.6 Å². The molecular formula is C32H26F2N4O6S. The first-order chi connectivity index (χ1) is 21.6. The first-order valence-electron chi connectivity index (χ1n) is 13.8. The molecule has 0 aliphatic heterocycles. The Bertz CT molecular complexity index is 2150. The van der Waals surface area contributed by atoms with E-state index < -0.39 is 27.6 Å². The molecule has 0 spiro atoms. The number of carbonyl (C=O) groups is 1. The van der Waals surface area contributed by atoms with Crippen molar-refractivity contribution in [3.63, 3.8) is 0 Å². The minimum absolute atomic E-state index is 0.0966. The van der Waals surface area contributed by atoms with E-state index in [1.54, 1.807) is 30.5 Å². The molecule has 0 aliphatic carbocycles. The lowest BCUT2D eigenvalue weighted by atomic mass is 9.97. The van der Waals surface area contributed by atoms with Gasteiger partial charge in [0.2, 0.25) is 15.9 Å². The van der Waals surface area contributed by atoms with Crippen LogP contribution >= 0.6 is 0 Å². The number of hydrogen-bond acceptors (Lipinski definition) is 8. The molecule has 0 saturated carbocycles. The lowest BCUT2D eigenvalue weighted by molar-refractivity contribution is 0.0964. The zero-order chi connectivity index (χ0) is 31.9.